The second-order valence-corrected chi connectivity index (χ2v) is 4.46. The standard InChI is InChI=1S/C11H18N4/c1-8(2)7-13-11-12-6-5-10(15-11)14-9-3-4-9/h5-6,8-9H,3-4,7H2,1-2H3,(H2,12,13,14,15). The van der Waals surface area contributed by atoms with Crippen molar-refractivity contribution in [2.24, 2.45) is 5.92 Å². The fourth-order valence-electron chi connectivity index (χ4n) is 1.26. The lowest BCUT2D eigenvalue weighted by Gasteiger charge is -2.08. The SMILES string of the molecule is CC(C)CNc1nccc(NC2CC2)n1. The van der Waals surface area contributed by atoms with E-state index in [4.69, 9.17) is 0 Å². The summed E-state index contributed by atoms with van der Waals surface area (Å²) in [4.78, 5) is 8.57. The quantitative estimate of drug-likeness (QED) is 0.774. The van der Waals surface area contributed by atoms with Gasteiger partial charge in [0.15, 0.2) is 0 Å². The third-order valence-electron chi connectivity index (χ3n) is 2.25. The zero-order valence-electron chi connectivity index (χ0n) is 9.33. The summed E-state index contributed by atoms with van der Waals surface area (Å²) in [5.41, 5.74) is 0. The van der Waals surface area contributed by atoms with Crippen molar-refractivity contribution < 1.29 is 0 Å². The molecule has 0 aromatic carbocycles. The summed E-state index contributed by atoms with van der Waals surface area (Å²) >= 11 is 0. The minimum atomic E-state index is 0.605. The van der Waals surface area contributed by atoms with E-state index in [-0.39, 0.29) is 0 Å². The van der Waals surface area contributed by atoms with Gasteiger partial charge in [-0.1, -0.05) is 13.8 Å². The average molecular weight is 206 g/mol. The summed E-state index contributed by atoms with van der Waals surface area (Å²) in [6, 6.07) is 2.55. The third-order valence-corrected chi connectivity index (χ3v) is 2.25. The molecule has 0 amide bonds. The van der Waals surface area contributed by atoms with Crippen LogP contribution in [0, 0.1) is 5.92 Å². The van der Waals surface area contributed by atoms with Gasteiger partial charge in [0.25, 0.3) is 0 Å². The van der Waals surface area contributed by atoms with Gasteiger partial charge in [0.05, 0.1) is 0 Å². The second-order valence-electron chi connectivity index (χ2n) is 4.46. The highest BCUT2D eigenvalue weighted by Crippen LogP contribution is 2.23. The number of hydrogen-bond acceptors (Lipinski definition) is 4. The molecule has 1 aliphatic rings. The lowest BCUT2D eigenvalue weighted by atomic mass is 10.2. The Morgan fingerprint density at radius 3 is 2.93 bits per heavy atom. The molecule has 0 unspecified atom stereocenters. The fourth-order valence-corrected chi connectivity index (χ4v) is 1.26. The van der Waals surface area contributed by atoms with Crippen LogP contribution in [-0.2, 0) is 0 Å². The van der Waals surface area contributed by atoms with Gasteiger partial charge < -0.3 is 10.6 Å². The van der Waals surface area contributed by atoms with Gasteiger partial charge in [-0.05, 0) is 24.8 Å². The van der Waals surface area contributed by atoms with E-state index in [2.05, 4.69) is 34.4 Å². The van der Waals surface area contributed by atoms with Crippen molar-refractivity contribution in [3.05, 3.63) is 12.3 Å². The van der Waals surface area contributed by atoms with Gasteiger partial charge in [-0.3, -0.25) is 0 Å². The first-order valence-electron chi connectivity index (χ1n) is 5.57. The van der Waals surface area contributed by atoms with Crippen LogP contribution in [0.5, 0.6) is 0 Å². The van der Waals surface area contributed by atoms with Crippen molar-refractivity contribution in [2.75, 3.05) is 17.2 Å². The maximum Gasteiger partial charge on any atom is 0.224 e. The van der Waals surface area contributed by atoms with E-state index in [1.54, 1.807) is 6.20 Å². The molecule has 0 atom stereocenters. The Morgan fingerprint density at radius 1 is 1.47 bits per heavy atom. The number of nitrogens with one attached hydrogen (secondary N) is 2. The maximum atomic E-state index is 4.39. The van der Waals surface area contributed by atoms with Crippen LogP contribution in [0.2, 0.25) is 0 Å². The Kier molecular flexibility index (Phi) is 3.04. The molecule has 82 valence electrons. The first-order valence-corrected chi connectivity index (χ1v) is 5.57. The van der Waals surface area contributed by atoms with E-state index in [1.807, 2.05) is 6.07 Å². The topological polar surface area (TPSA) is 49.8 Å². The molecule has 0 bridgehead atoms. The van der Waals surface area contributed by atoms with E-state index < -0.39 is 0 Å². The predicted octanol–water partition coefficient (Wildman–Crippen LogP) is 2.12. The lowest BCUT2D eigenvalue weighted by molar-refractivity contribution is 0.684. The van der Waals surface area contributed by atoms with Crippen LogP contribution in [0.3, 0.4) is 0 Å². The molecule has 2 rings (SSSR count). The summed E-state index contributed by atoms with van der Waals surface area (Å²) in [5, 5.41) is 6.57. The molecule has 1 fully saturated rings. The van der Waals surface area contributed by atoms with Gasteiger partial charge in [-0.25, -0.2) is 4.98 Å². The monoisotopic (exact) mass is 206 g/mol. The zero-order chi connectivity index (χ0) is 10.7. The van der Waals surface area contributed by atoms with Crippen LogP contribution >= 0.6 is 0 Å². The fraction of sp³-hybridized carbons (Fsp3) is 0.636. The molecule has 4 heteroatoms. The molecule has 2 N–H and O–H groups in total. The van der Waals surface area contributed by atoms with Gasteiger partial charge in [-0.2, -0.15) is 4.98 Å². The average Bonchev–Trinajstić information content (AvgIpc) is 2.99. The van der Waals surface area contributed by atoms with Gasteiger partial charge >= 0.3 is 0 Å². The van der Waals surface area contributed by atoms with Crippen molar-refractivity contribution in [1.29, 1.82) is 0 Å². The molecule has 4 nitrogen and oxygen atoms in total. The highest BCUT2D eigenvalue weighted by atomic mass is 15.1. The van der Waals surface area contributed by atoms with Crippen molar-refractivity contribution in [1.82, 2.24) is 9.97 Å². The molecular weight excluding hydrogens is 188 g/mol. The molecule has 0 saturated heterocycles. The zero-order valence-corrected chi connectivity index (χ0v) is 9.33. The van der Waals surface area contributed by atoms with Crippen molar-refractivity contribution in [3.63, 3.8) is 0 Å². The van der Waals surface area contributed by atoms with Crippen LogP contribution in [-0.4, -0.2) is 22.6 Å². The molecule has 15 heavy (non-hydrogen) atoms. The first kappa shape index (κ1) is 10.2. The van der Waals surface area contributed by atoms with Crippen molar-refractivity contribution in [3.8, 4) is 0 Å². The summed E-state index contributed by atoms with van der Waals surface area (Å²) in [7, 11) is 0. The maximum absolute atomic E-state index is 4.39. The highest BCUT2D eigenvalue weighted by molar-refractivity contribution is 5.41. The summed E-state index contributed by atoms with van der Waals surface area (Å²) in [6.07, 6.45) is 4.32. The first-order chi connectivity index (χ1) is 7.24. The minimum absolute atomic E-state index is 0.605. The molecule has 1 aromatic heterocycles. The third kappa shape index (κ3) is 3.38. The molecule has 1 saturated carbocycles. The number of aromatic nitrogens is 2. The molecule has 0 aliphatic heterocycles. The van der Waals surface area contributed by atoms with E-state index in [0.29, 0.717) is 17.9 Å². The molecule has 1 aliphatic carbocycles. The van der Waals surface area contributed by atoms with Crippen LogP contribution < -0.4 is 10.6 Å². The highest BCUT2D eigenvalue weighted by Gasteiger charge is 2.21. The van der Waals surface area contributed by atoms with Crippen LogP contribution in [0.4, 0.5) is 11.8 Å². The largest absolute Gasteiger partial charge is 0.367 e. The molecule has 0 radical (unpaired) electrons. The van der Waals surface area contributed by atoms with Gasteiger partial charge in [0, 0.05) is 18.8 Å². The van der Waals surface area contributed by atoms with Crippen LogP contribution in [0.25, 0.3) is 0 Å². The summed E-state index contributed by atoms with van der Waals surface area (Å²) < 4.78 is 0. The normalized spacial score (nSPS) is 15.4. The second kappa shape index (κ2) is 4.47. The van der Waals surface area contributed by atoms with Crippen molar-refractivity contribution >= 4 is 11.8 Å². The van der Waals surface area contributed by atoms with Gasteiger partial charge in [-0.15, -0.1) is 0 Å². The van der Waals surface area contributed by atoms with Crippen LogP contribution in [0.1, 0.15) is 26.7 Å². The van der Waals surface area contributed by atoms with Crippen LogP contribution in [0.15, 0.2) is 12.3 Å². The Bertz CT molecular complexity index is 320. The molecule has 1 aromatic rings. The van der Waals surface area contributed by atoms with E-state index in [9.17, 15) is 0 Å². The van der Waals surface area contributed by atoms with E-state index in [0.717, 1.165) is 12.4 Å². The Labute approximate surface area is 90.5 Å². The Morgan fingerprint density at radius 2 is 2.27 bits per heavy atom. The van der Waals surface area contributed by atoms with Gasteiger partial charge in [0.2, 0.25) is 5.95 Å². The number of anilines is 2. The molecular formula is C11H18N4. The number of rotatable bonds is 5. The summed E-state index contributed by atoms with van der Waals surface area (Å²) in [5.74, 6) is 2.25. The van der Waals surface area contributed by atoms with Gasteiger partial charge in [0.1, 0.15) is 5.82 Å². The van der Waals surface area contributed by atoms with Crippen molar-refractivity contribution in [2.45, 2.75) is 32.7 Å². The molecule has 1 heterocycles. The Hall–Kier alpha value is -1.32. The minimum Gasteiger partial charge on any atom is -0.367 e. The predicted molar refractivity (Wildman–Crippen MR) is 62.0 cm³/mol. The molecule has 0 spiro atoms. The van der Waals surface area contributed by atoms with E-state index in [1.165, 1.54) is 12.8 Å². The Balaban J connectivity index is 1.92. The number of nitrogens with zero attached hydrogens (tertiary/aromatic N) is 2. The summed E-state index contributed by atoms with van der Waals surface area (Å²) in [6.45, 7) is 5.24. The number of hydrogen-bond donors (Lipinski definition) is 2. The lowest BCUT2D eigenvalue weighted by Crippen LogP contribution is -2.12. The smallest absolute Gasteiger partial charge is 0.224 e. The van der Waals surface area contributed by atoms with E-state index >= 15 is 0 Å².